The van der Waals surface area contributed by atoms with Gasteiger partial charge in [0.1, 0.15) is 0 Å². The quantitative estimate of drug-likeness (QED) is 0.819. The van der Waals surface area contributed by atoms with Gasteiger partial charge < -0.3 is 14.8 Å². The van der Waals surface area contributed by atoms with Crippen LogP contribution in [0, 0.1) is 0 Å². The fraction of sp³-hybridized carbons (Fsp3) is 0.533. The van der Waals surface area contributed by atoms with E-state index in [-0.39, 0.29) is 11.9 Å². The molecule has 0 saturated heterocycles. The first-order valence-electron chi connectivity index (χ1n) is 6.84. The van der Waals surface area contributed by atoms with E-state index in [4.69, 9.17) is 9.47 Å². The number of nitrogens with one attached hydrogen (secondary N) is 1. The molecule has 1 N–H and O–H groups in total. The lowest BCUT2D eigenvalue weighted by Gasteiger charge is -2.15. The van der Waals surface area contributed by atoms with Gasteiger partial charge >= 0.3 is 0 Å². The van der Waals surface area contributed by atoms with Gasteiger partial charge in [-0.05, 0) is 47.8 Å². The molecule has 1 aromatic carbocycles. The summed E-state index contributed by atoms with van der Waals surface area (Å²) in [4.78, 5) is 12.1. The van der Waals surface area contributed by atoms with E-state index in [2.05, 4.69) is 21.2 Å². The van der Waals surface area contributed by atoms with Crippen LogP contribution in [0.5, 0.6) is 11.5 Å². The van der Waals surface area contributed by atoms with E-state index >= 15 is 0 Å². The Bertz CT molecular complexity index is 463. The normalized spacial score (nSPS) is 11.8. The Morgan fingerprint density at radius 3 is 2.65 bits per heavy atom. The second-order valence-electron chi connectivity index (χ2n) is 4.62. The number of carbonyl (C=O) groups excluding carboxylic acids is 1. The third-order valence-electron chi connectivity index (χ3n) is 2.93. The maximum absolute atomic E-state index is 12.1. The number of ether oxygens (including phenoxy) is 2. The van der Waals surface area contributed by atoms with Crippen LogP contribution in [0.15, 0.2) is 16.6 Å². The molecule has 0 aromatic heterocycles. The summed E-state index contributed by atoms with van der Waals surface area (Å²) in [6.45, 7) is 6.65. The molecule has 5 heteroatoms. The average Bonchev–Trinajstić information content (AvgIpc) is 2.44. The van der Waals surface area contributed by atoms with Gasteiger partial charge in [-0.25, -0.2) is 0 Å². The molecule has 0 saturated carbocycles. The third kappa shape index (κ3) is 4.40. The second-order valence-corrected chi connectivity index (χ2v) is 5.48. The van der Waals surface area contributed by atoms with Gasteiger partial charge in [-0.1, -0.05) is 13.8 Å². The van der Waals surface area contributed by atoms with Gasteiger partial charge in [0.25, 0.3) is 5.91 Å². The average molecular weight is 344 g/mol. The maximum Gasteiger partial charge on any atom is 0.251 e. The molecule has 1 atom stereocenters. The van der Waals surface area contributed by atoms with Gasteiger partial charge in [0, 0.05) is 11.6 Å². The monoisotopic (exact) mass is 343 g/mol. The predicted molar refractivity (Wildman–Crippen MR) is 83.7 cm³/mol. The van der Waals surface area contributed by atoms with E-state index in [1.165, 1.54) is 0 Å². The molecule has 0 aliphatic rings. The van der Waals surface area contributed by atoms with Crippen LogP contribution in [0.25, 0.3) is 0 Å². The van der Waals surface area contributed by atoms with Crippen molar-refractivity contribution in [1.29, 1.82) is 0 Å². The van der Waals surface area contributed by atoms with Gasteiger partial charge in [0.2, 0.25) is 0 Å². The van der Waals surface area contributed by atoms with Crippen molar-refractivity contribution in [3.05, 3.63) is 22.2 Å². The highest BCUT2D eigenvalue weighted by atomic mass is 79.9. The molecule has 0 fully saturated rings. The molecule has 0 spiro atoms. The maximum atomic E-state index is 12.1. The number of rotatable bonds is 7. The lowest BCUT2D eigenvalue weighted by molar-refractivity contribution is 0.0938. The van der Waals surface area contributed by atoms with Gasteiger partial charge in [0.15, 0.2) is 11.5 Å². The Balaban J connectivity index is 3.00. The van der Waals surface area contributed by atoms with Gasteiger partial charge in [-0.15, -0.1) is 0 Å². The van der Waals surface area contributed by atoms with Gasteiger partial charge in [-0.2, -0.15) is 0 Å². The standard InChI is InChI=1S/C15H22BrNO3/c1-5-7-20-14-12(16)8-11(9-13(14)19-4)15(18)17-10(3)6-2/h8-10H,5-7H2,1-4H3,(H,17,18). The Kier molecular flexibility index (Phi) is 6.85. The van der Waals surface area contributed by atoms with E-state index in [0.717, 1.165) is 17.3 Å². The number of carbonyl (C=O) groups is 1. The van der Waals surface area contributed by atoms with Crippen molar-refractivity contribution in [2.24, 2.45) is 0 Å². The zero-order valence-corrected chi connectivity index (χ0v) is 14.0. The van der Waals surface area contributed by atoms with Crippen LogP contribution in [-0.2, 0) is 0 Å². The van der Waals surface area contributed by atoms with Crippen molar-refractivity contribution in [3.8, 4) is 11.5 Å². The third-order valence-corrected chi connectivity index (χ3v) is 3.52. The minimum atomic E-state index is -0.111. The van der Waals surface area contributed by atoms with Crippen LogP contribution in [-0.4, -0.2) is 25.7 Å². The van der Waals surface area contributed by atoms with Crippen molar-refractivity contribution in [1.82, 2.24) is 5.32 Å². The first kappa shape index (κ1) is 16.8. The smallest absolute Gasteiger partial charge is 0.251 e. The summed E-state index contributed by atoms with van der Waals surface area (Å²) in [5.41, 5.74) is 0.554. The van der Waals surface area contributed by atoms with Crippen molar-refractivity contribution >= 4 is 21.8 Å². The molecule has 0 bridgehead atoms. The highest BCUT2D eigenvalue weighted by Gasteiger charge is 2.16. The lowest BCUT2D eigenvalue weighted by atomic mass is 10.1. The summed E-state index contributed by atoms with van der Waals surface area (Å²) in [5.74, 6) is 1.08. The number of hydrogen-bond acceptors (Lipinski definition) is 3. The van der Waals surface area contributed by atoms with Crippen LogP contribution >= 0.6 is 15.9 Å². The van der Waals surface area contributed by atoms with E-state index in [9.17, 15) is 4.79 Å². The van der Waals surface area contributed by atoms with Crippen LogP contribution in [0.4, 0.5) is 0 Å². The largest absolute Gasteiger partial charge is 0.493 e. The first-order valence-corrected chi connectivity index (χ1v) is 7.63. The highest BCUT2D eigenvalue weighted by molar-refractivity contribution is 9.10. The number of hydrogen-bond donors (Lipinski definition) is 1. The number of methoxy groups -OCH3 is 1. The molecule has 0 aliphatic heterocycles. The fourth-order valence-electron chi connectivity index (χ4n) is 1.60. The first-order chi connectivity index (χ1) is 9.53. The molecule has 0 heterocycles. The van der Waals surface area contributed by atoms with Crippen LogP contribution in [0.1, 0.15) is 44.0 Å². The van der Waals surface area contributed by atoms with Crippen molar-refractivity contribution in [3.63, 3.8) is 0 Å². The van der Waals surface area contributed by atoms with E-state index in [1.807, 2.05) is 20.8 Å². The molecule has 0 aliphatic carbocycles. The number of amides is 1. The molecule has 1 amide bonds. The fourth-order valence-corrected chi connectivity index (χ4v) is 2.16. The number of halogens is 1. The second kappa shape index (κ2) is 8.15. The van der Waals surface area contributed by atoms with Gasteiger partial charge in [0.05, 0.1) is 18.2 Å². The number of benzene rings is 1. The lowest BCUT2D eigenvalue weighted by Crippen LogP contribution is -2.31. The minimum absolute atomic E-state index is 0.111. The van der Waals surface area contributed by atoms with Crippen molar-refractivity contribution < 1.29 is 14.3 Å². The van der Waals surface area contributed by atoms with Gasteiger partial charge in [-0.3, -0.25) is 4.79 Å². The molecular formula is C15H22BrNO3. The molecule has 20 heavy (non-hydrogen) atoms. The topological polar surface area (TPSA) is 47.6 Å². The molecule has 112 valence electrons. The summed E-state index contributed by atoms with van der Waals surface area (Å²) in [7, 11) is 1.57. The van der Waals surface area contributed by atoms with Crippen LogP contribution in [0.3, 0.4) is 0 Å². The zero-order chi connectivity index (χ0) is 15.1. The highest BCUT2D eigenvalue weighted by Crippen LogP contribution is 2.36. The summed E-state index contributed by atoms with van der Waals surface area (Å²) < 4.78 is 11.7. The summed E-state index contributed by atoms with van der Waals surface area (Å²) in [6, 6.07) is 3.60. The Hall–Kier alpha value is -1.23. The van der Waals surface area contributed by atoms with E-state index in [1.54, 1.807) is 19.2 Å². The minimum Gasteiger partial charge on any atom is -0.493 e. The van der Waals surface area contributed by atoms with E-state index < -0.39 is 0 Å². The Morgan fingerprint density at radius 1 is 1.40 bits per heavy atom. The molecular weight excluding hydrogens is 322 g/mol. The SMILES string of the molecule is CCCOc1c(Br)cc(C(=O)NC(C)CC)cc1OC. The summed E-state index contributed by atoms with van der Waals surface area (Å²) in [6.07, 6.45) is 1.80. The summed E-state index contributed by atoms with van der Waals surface area (Å²) in [5, 5.41) is 2.93. The van der Waals surface area contributed by atoms with Crippen LogP contribution in [0.2, 0.25) is 0 Å². The summed E-state index contributed by atoms with van der Waals surface area (Å²) >= 11 is 3.44. The van der Waals surface area contributed by atoms with Crippen LogP contribution < -0.4 is 14.8 Å². The predicted octanol–water partition coefficient (Wildman–Crippen LogP) is 3.77. The zero-order valence-electron chi connectivity index (χ0n) is 12.5. The molecule has 4 nitrogen and oxygen atoms in total. The molecule has 1 unspecified atom stereocenters. The van der Waals surface area contributed by atoms with Crippen molar-refractivity contribution in [2.75, 3.05) is 13.7 Å². The Morgan fingerprint density at radius 2 is 2.10 bits per heavy atom. The molecule has 1 rings (SSSR count). The van der Waals surface area contributed by atoms with Crippen molar-refractivity contribution in [2.45, 2.75) is 39.7 Å². The van der Waals surface area contributed by atoms with E-state index in [0.29, 0.717) is 23.7 Å². The molecule has 0 radical (unpaired) electrons. The Labute approximate surface area is 129 Å². The molecule has 1 aromatic rings.